The monoisotopic (exact) mass is 286 g/mol. The van der Waals surface area contributed by atoms with E-state index in [4.69, 9.17) is 0 Å². The third-order valence-electron chi connectivity index (χ3n) is 2.10. The first-order valence-electron chi connectivity index (χ1n) is 6.19. The van der Waals surface area contributed by atoms with Gasteiger partial charge in [0.15, 0.2) is 0 Å². The Morgan fingerprint density at radius 2 is 1.40 bits per heavy atom. The zero-order chi connectivity index (χ0) is 15.8. The summed E-state index contributed by atoms with van der Waals surface area (Å²) in [7, 11) is 1.66. The van der Waals surface area contributed by atoms with Gasteiger partial charge in [0.05, 0.1) is 13.1 Å². The van der Waals surface area contributed by atoms with Gasteiger partial charge in [0.2, 0.25) is 17.7 Å². The van der Waals surface area contributed by atoms with Crippen LogP contribution in [0, 0.1) is 0 Å². The summed E-state index contributed by atoms with van der Waals surface area (Å²) in [6.45, 7) is 4.70. The number of ketones is 1. The standard InChI is InChI=1S/C12H22N4O4/c1-8(17)5-10(19)15-12(2,3)16-11(20)6-9(18)14-7-13-4/h13H,5-7H2,1-4H3,(H,14,18)(H,15,19)(H,16,20). The molecule has 0 heterocycles. The number of amides is 3. The van der Waals surface area contributed by atoms with E-state index in [1.165, 1.54) is 6.92 Å². The van der Waals surface area contributed by atoms with Crippen molar-refractivity contribution in [2.45, 2.75) is 39.3 Å². The minimum atomic E-state index is -1.03. The van der Waals surface area contributed by atoms with E-state index in [9.17, 15) is 19.2 Å². The fourth-order valence-corrected chi connectivity index (χ4v) is 1.44. The van der Waals surface area contributed by atoms with E-state index < -0.39 is 23.4 Å². The van der Waals surface area contributed by atoms with Gasteiger partial charge < -0.3 is 21.3 Å². The van der Waals surface area contributed by atoms with Crippen molar-refractivity contribution in [1.82, 2.24) is 21.3 Å². The van der Waals surface area contributed by atoms with E-state index in [1.807, 2.05) is 0 Å². The Labute approximate surface area is 118 Å². The molecule has 0 atom stereocenters. The van der Waals surface area contributed by atoms with E-state index in [2.05, 4.69) is 21.3 Å². The van der Waals surface area contributed by atoms with Crippen LogP contribution in [-0.4, -0.2) is 42.9 Å². The highest BCUT2D eigenvalue weighted by Gasteiger charge is 2.23. The number of carbonyl (C=O) groups excluding carboxylic acids is 4. The number of rotatable bonds is 8. The molecular weight excluding hydrogens is 264 g/mol. The molecule has 114 valence electrons. The van der Waals surface area contributed by atoms with Crippen molar-refractivity contribution in [2.75, 3.05) is 13.7 Å². The van der Waals surface area contributed by atoms with Gasteiger partial charge in [0.1, 0.15) is 17.9 Å². The summed E-state index contributed by atoms with van der Waals surface area (Å²) >= 11 is 0. The molecule has 0 unspecified atom stereocenters. The second-order valence-corrected chi connectivity index (χ2v) is 4.91. The fraction of sp³-hybridized carbons (Fsp3) is 0.667. The highest BCUT2D eigenvalue weighted by atomic mass is 16.2. The van der Waals surface area contributed by atoms with Crippen LogP contribution in [0.2, 0.25) is 0 Å². The van der Waals surface area contributed by atoms with Gasteiger partial charge in [-0.25, -0.2) is 0 Å². The van der Waals surface area contributed by atoms with Gasteiger partial charge in [-0.1, -0.05) is 0 Å². The van der Waals surface area contributed by atoms with Crippen LogP contribution in [0.25, 0.3) is 0 Å². The second-order valence-electron chi connectivity index (χ2n) is 4.91. The van der Waals surface area contributed by atoms with Gasteiger partial charge >= 0.3 is 0 Å². The van der Waals surface area contributed by atoms with E-state index in [-0.39, 0.29) is 25.3 Å². The average molecular weight is 286 g/mol. The van der Waals surface area contributed by atoms with Crippen LogP contribution in [0.3, 0.4) is 0 Å². The third kappa shape index (κ3) is 9.03. The SMILES string of the molecule is CNCNC(=O)CC(=O)NC(C)(C)NC(=O)CC(C)=O. The predicted molar refractivity (Wildman–Crippen MR) is 72.3 cm³/mol. The first kappa shape index (κ1) is 18.0. The van der Waals surface area contributed by atoms with Crippen LogP contribution < -0.4 is 21.3 Å². The molecule has 0 radical (unpaired) electrons. The molecule has 0 aliphatic carbocycles. The van der Waals surface area contributed by atoms with Crippen molar-refractivity contribution in [3.63, 3.8) is 0 Å². The Morgan fingerprint density at radius 1 is 0.900 bits per heavy atom. The molecule has 3 amide bonds. The molecule has 8 nitrogen and oxygen atoms in total. The Hall–Kier alpha value is -1.96. The van der Waals surface area contributed by atoms with E-state index in [0.29, 0.717) is 0 Å². The quantitative estimate of drug-likeness (QED) is 0.324. The maximum Gasteiger partial charge on any atom is 0.231 e. The predicted octanol–water partition coefficient (Wildman–Crippen LogP) is -1.38. The average Bonchev–Trinajstić information content (AvgIpc) is 2.22. The zero-order valence-corrected chi connectivity index (χ0v) is 12.3. The Bertz CT molecular complexity index is 393. The molecule has 0 rings (SSSR count). The molecular formula is C12H22N4O4. The third-order valence-corrected chi connectivity index (χ3v) is 2.10. The first-order chi connectivity index (χ1) is 9.16. The van der Waals surface area contributed by atoms with Crippen LogP contribution in [0.5, 0.6) is 0 Å². The van der Waals surface area contributed by atoms with Crippen molar-refractivity contribution in [2.24, 2.45) is 0 Å². The summed E-state index contributed by atoms with van der Waals surface area (Å²) in [5, 5.41) is 10.2. The van der Waals surface area contributed by atoms with Gasteiger partial charge in [-0.15, -0.1) is 0 Å². The molecule has 0 bridgehead atoms. The van der Waals surface area contributed by atoms with Gasteiger partial charge in [-0.2, -0.15) is 0 Å². The minimum Gasteiger partial charge on any atom is -0.343 e. The lowest BCUT2D eigenvalue weighted by molar-refractivity contribution is -0.130. The smallest absolute Gasteiger partial charge is 0.231 e. The van der Waals surface area contributed by atoms with Crippen molar-refractivity contribution in [1.29, 1.82) is 0 Å². The largest absolute Gasteiger partial charge is 0.343 e. The van der Waals surface area contributed by atoms with Crippen molar-refractivity contribution >= 4 is 23.5 Å². The summed E-state index contributed by atoms with van der Waals surface area (Å²) in [4.78, 5) is 45.2. The number of Topliss-reactive ketones (excluding diaryl/α,β-unsaturated/α-hetero) is 1. The van der Waals surface area contributed by atoms with Crippen LogP contribution >= 0.6 is 0 Å². The highest BCUT2D eigenvalue weighted by molar-refractivity contribution is 5.98. The summed E-state index contributed by atoms with van der Waals surface area (Å²) < 4.78 is 0. The summed E-state index contributed by atoms with van der Waals surface area (Å²) in [6.07, 6.45) is -0.588. The maximum atomic E-state index is 11.6. The van der Waals surface area contributed by atoms with Crippen LogP contribution in [-0.2, 0) is 19.2 Å². The topological polar surface area (TPSA) is 116 Å². The summed E-state index contributed by atoms with van der Waals surface area (Å²) in [5.74, 6) is -1.70. The Balaban J connectivity index is 4.24. The molecule has 0 saturated carbocycles. The van der Waals surface area contributed by atoms with E-state index in [1.54, 1.807) is 20.9 Å². The number of hydrogen-bond acceptors (Lipinski definition) is 5. The highest BCUT2D eigenvalue weighted by Crippen LogP contribution is 1.99. The molecule has 4 N–H and O–H groups in total. The lowest BCUT2D eigenvalue weighted by atomic mass is 10.2. The molecule has 0 saturated heterocycles. The molecule has 0 fully saturated rings. The molecule has 0 aromatic rings. The molecule has 20 heavy (non-hydrogen) atoms. The van der Waals surface area contributed by atoms with Gasteiger partial charge in [0, 0.05) is 0 Å². The number of carbonyl (C=O) groups is 4. The lowest BCUT2D eigenvalue weighted by Gasteiger charge is -2.27. The van der Waals surface area contributed by atoms with Crippen LogP contribution in [0.4, 0.5) is 0 Å². The summed E-state index contributed by atoms with van der Waals surface area (Å²) in [5.41, 5.74) is -1.03. The van der Waals surface area contributed by atoms with Crippen LogP contribution in [0.15, 0.2) is 0 Å². The van der Waals surface area contributed by atoms with Gasteiger partial charge in [0.25, 0.3) is 0 Å². The zero-order valence-electron chi connectivity index (χ0n) is 12.3. The molecule has 0 aromatic carbocycles. The molecule has 0 spiro atoms. The fourth-order valence-electron chi connectivity index (χ4n) is 1.44. The van der Waals surface area contributed by atoms with E-state index >= 15 is 0 Å². The minimum absolute atomic E-state index is 0.248. The van der Waals surface area contributed by atoms with Crippen LogP contribution in [0.1, 0.15) is 33.6 Å². The lowest BCUT2D eigenvalue weighted by Crippen LogP contribution is -2.57. The maximum absolute atomic E-state index is 11.6. The van der Waals surface area contributed by atoms with Crippen molar-refractivity contribution in [3.05, 3.63) is 0 Å². The van der Waals surface area contributed by atoms with Crippen molar-refractivity contribution in [3.8, 4) is 0 Å². The summed E-state index contributed by atoms with van der Waals surface area (Å²) in [6, 6.07) is 0. The van der Waals surface area contributed by atoms with Crippen molar-refractivity contribution < 1.29 is 19.2 Å². The molecule has 0 aromatic heterocycles. The van der Waals surface area contributed by atoms with Gasteiger partial charge in [-0.05, 0) is 27.8 Å². The number of hydrogen-bond donors (Lipinski definition) is 4. The Morgan fingerprint density at radius 3 is 1.85 bits per heavy atom. The molecule has 0 aliphatic rings. The second kappa shape index (κ2) is 8.26. The number of nitrogens with one attached hydrogen (secondary N) is 4. The first-order valence-corrected chi connectivity index (χ1v) is 6.19. The molecule has 0 aliphatic heterocycles. The van der Waals surface area contributed by atoms with E-state index in [0.717, 1.165) is 0 Å². The Kier molecular flexibility index (Phi) is 7.45. The van der Waals surface area contributed by atoms with Gasteiger partial charge in [-0.3, -0.25) is 19.2 Å². The normalized spacial score (nSPS) is 10.6. The molecule has 8 heteroatoms.